The molecule has 9 heteroatoms. The molecule has 0 aliphatic rings. The molecule has 29 heavy (non-hydrogen) atoms. The Kier molecular flexibility index (Phi) is 4.63. The van der Waals surface area contributed by atoms with Crippen LogP contribution in [0.5, 0.6) is 17.2 Å². The minimum absolute atomic E-state index is 0.255. The second-order valence-electron chi connectivity index (χ2n) is 6.20. The Hall–Kier alpha value is -3.88. The zero-order valence-corrected chi connectivity index (χ0v) is 16.4. The van der Waals surface area contributed by atoms with E-state index in [1.807, 2.05) is 0 Å². The van der Waals surface area contributed by atoms with E-state index >= 15 is 0 Å². The Balaban J connectivity index is 1.97. The zero-order chi connectivity index (χ0) is 20.5. The molecule has 1 aromatic carbocycles. The minimum atomic E-state index is -0.255. The van der Waals surface area contributed by atoms with Crippen LogP contribution in [0.1, 0.15) is 0 Å². The Morgan fingerprint density at radius 2 is 1.69 bits per heavy atom. The normalized spacial score (nSPS) is 10.9. The van der Waals surface area contributed by atoms with Gasteiger partial charge in [0.1, 0.15) is 0 Å². The number of aryl methyl sites for hydroxylation is 1. The molecule has 9 nitrogen and oxygen atoms in total. The molecule has 4 aromatic rings. The number of pyridine rings is 1. The average Bonchev–Trinajstić information content (AvgIpc) is 3.02. The van der Waals surface area contributed by atoms with Crippen LogP contribution in [-0.2, 0) is 7.05 Å². The van der Waals surface area contributed by atoms with Crippen molar-refractivity contribution in [3.8, 4) is 34.2 Å². The van der Waals surface area contributed by atoms with Gasteiger partial charge in [-0.05, 0) is 24.3 Å². The molecule has 0 N–H and O–H groups in total. The van der Waals surface area contributed by atoms with Gasteiger partial charge in [-0.1, -0.05) is 0 Å². The van der Waals surface area contributed by atoms with Crippen LogP contribution < -0.4 is 19.9 Å². The number of hydrogen-bond acceptors (Lipinski definition) is 7. The van der Waals surface area contributed by atoms with Crippen molar-refractivity contribution in [2.45, 2.75) is 0 Å². The lowest BCUT2D eigenvalue weighted by Gasteiger charge is -2.14. The van der Waals surface area contributed by atoms with Crippen molar-refractivity contribution in [2.24, 2.45) is 7.05 Å². The molecule has 0 spiro atoms. The van der Waals surface area contributed by atoms with E-state index in [1.165, 1.54) is 9.13 Å². The maximum atomic E-state index is 12.8. The minimum Gasteiger partial charge on any atom is -0.493 e. The van der Waals surface area contributed by atoms with Crippen molar-refractivity contribution in [1.82, 2.24) is 24.1 Å². The molecule has 0 bridgehead atoms. The van der Waals surface area contributed by atoms with E-state index < -0.39 is 0 Å². The lowest BCUT2D eigenvalue weighted by Crippen LogP contribution is -2.21. The summed E-state index contributed by atoms with van der Waals surface area (Å²) in [5, 5.41) is 0. The number of imidazole rings is 1. The molecule has 0 radical (unpaired) electrons. The summed E-state index contributed by atoms with van der Waals surface area (Å²) in [6.45, 7) is 0. The number of rotatable bonds is 5. The van der Waals surface area contributed by atoms with Crippen molar-refractivity contribution in [3.05, 3.63) is 53.3 Å². The number of fused-ring (bicyclic) bond motifs is 1. The van der Waals surface area contributed by atoms with E-state index in [-0.39, 0.29) is 5.69 Å². The zero-order valence-electron chi connectivity index (χ0n) is 16.4. The molecule has 3 heterocycles. The van der Waals surface area contributed by atoms with Crippen LogP contribution >= 0.6 is 0 Å². The molecule has 0 unspecified atom stereocenters. The molecule has 0 saturated heterocycles. The molecule has 3 aromatic heterocycles. The highest BCUT2D eigenvalue weighted by atomic mass is 16.5. The molecule has 0 amide bonds. The molecule has 4 rings (SSSR count). The highest BCUT2D eigenvalue weighted by Crippen LogP contribution is 2.40. The first-order valence-corrected chi connectivity index (χ1v) is 8.74. The summed E-state index contributed by atoms with van der Waals surface area (Å²) < 4.78 is 19.2. The van der Waals surface area contributed by atoms with Gasteiger partial charge in [-0.2, -0.15) is 0 Å². The number of nitrogens with zero attached hydrogens (tertiary/aromatic N) is 5. The summed E-state index contributed by atoms with van der Waals surface area (Å²) in [7, 11) is 6.30. The standard InChI is InChI=1S/C20H19N5O4/c1-24-18-19(25(20(24)26)13-6-5-7-21-10-13)23-14(11-22-18)12-8-15(27-2)17(29-4)16(9-12)28-3/h5-11H,1-4H3. The summed E-state index contributed by atoms with van der Waals surface area (Å²) in [6, 6.07) is 7.12. The highest BCUT2D eigenvalue weighted by Gasteiger charge is 2.19. The van der Waals surface area contributed by atoms with E-state index in [1.54, 1.807) is 71.2 Å². The molecule has 0 aliphatic carbocycles. The Labute approximate surface area is 166 Å². The van der Waals surface area contributed by atoms with E-state index in [0.29, 0.717) is 45.5 Å². The second kappa shape index (κ2) is 7.27. The van der Waals surface area contributed by atoms with Gasteiger partial charge in [-0.3, -0.25) is 9.55 Å². The Morgan fingerprint density at radius 3 is 2.28 bits per heavy atom. The van der Waals surface area contributed by atoms with Crippen molar-refractivity contribution in [2.75, 3.05) is 21.3 Å². The molecular formula is C20H19N5O4. The quantitative estimate of drug-likeness (QED) is 0.513. The van der Waals surface area contributed by atoms with Gasteiger partial charge in [0.2, 0.25) is 5.75 Å². The number of hydrogen-bond donors (Lipinski definition) is 0. The fourth-order valence-electron chi connectivity index (χ4n) is 3.18. The largest absolute Gasteiger partial charge is 0.493 e. The third-order valence-corrected chi connectivity index (χ3v) is 4.61. The molecule has 148 valence electrons. The monoisotopic (exact) mass is 393 g/mol. The Bertz CT molecular complexity index is 1220. The number of benzene rings is 1. The topological polar surface area (TPSA) is 93.3 Å². The molecule has 0 fully saturated rings. The predicted molar refractivity (Wildman–Crippen MR) is 107 cm³/mol. The van der Waals surface area contributed by atoms with Crippen LogP contribution in [0, 0.1) is 0 Å². The lowest BCUT2D eigenvalue weighted by molar-refractivity contribution is 0.324. The third kappa shape index (κ3) is 2.96. The van der Waals surface area contributed by atoms with Gasteiger partial charge in [0.15, 0.2) is 22.8 Å². The maximum absolute atomic E-state index is 12.8. The van der Waals surface area contributed by atoms with Crippen molar-refractivity contribution < 1.29 is 14.2 Å². The van der Waals surface area contributed by atoms with E-state index in [2.05, 4.69) is 9.97 Å². The molecule has 0 atom stereocenters. The summed E-state index contributed by atoms with van der Waals surface area (Å²) in [5.74, 6) is 1.49. The van der Waals surface area contributed by atoms with Gasteiger partial charge in [-0.25, -0.2) is 19.3 Å². The van der Waals surface area contributed by atoms with Gasteiger partial charge in [-0.15, -0.1) is 0 Å². The summed E-state index contributed by atoms with van der Waals surface area (Å²) >= 11 is 0. The smallest absolute Gasteiger partial charge is 0.335 e. The number of methoxy groups -OCH3 is 3. The van der Waals surface area contributed by atoms with Crippen LogP contribution in [0.3, 0.4) is 0 Å². The number of ether oxygens (including phenoxy) is 3. The first-order valence-electron chi connectivity index (χ1n) is 8.74. The van der Waals surface area contributed by atoms with Gasteiger partial charge < -0.3 is 14.2 Å². The number of aromatic nitrogens is 5. The van der Waals surface area contributed by atoms with Crippen LogP contribution in [0.15, 0.2) is 47.7 Å². The van der Waals surface area contributed by atoms with Crippen molar-refractivity contribution in [1.29, 1.82) is 0 Å². The summed E-state index contributed by atoms with van der Waals surface area (Å²) in [4.78, 5) is 26.1. The fourth-order valence-corrected chi connectivity index (χ4v) is 3.18. The third-order valence-electron chi connectivity index (χ3n) is 4.61. The van der Waals surface area contributed by atoms with Crippen molar-refractivity contribution >= 4 is 11.3 Å². The van der Waals surface area contributed by atoms with Gasteiger partial charge in [0, 0.05) is 18.8 Å². The maximum Gasteiger partial charge on any atom is 0.335 e. The van der Waals surface area contributed by atoms with Crippen molar-refractivity contribution in [3.63, 3.8) is 0 Å². The highest BCUT2D eigenvalue weighted by molar-refractivity contribution is 5.75. The van der Waals surface area contributed by atoms with Crippen LogP contribution in [0.4, 0.5) is 0 Å². The SMILES string of the molecule is COc1cc(-c2cnc3c(n2)n(-c2cccnc2)c(=O)n3C)cc(OC)c1OC. The van der Waals surface area contributed by atoms with Gasteiger partial charge in [0.25, 0.3) is 0 Å². The fraction of sp³-hybridized carbons (Fsp3) is 0.200. The van der Waals surface area contributed by atoms with Gasteiger partial charge in [0.05, 0.1) is 45.1 Å². The summed E-state index contributed by atoms with van der Waals surface area (Å²) in [5.41, 5.74) is 2.52. The van der Waals surface area contributed by atoms with E-state index in [4.69, 9.17) is 19.2 Å². The first-order chi connectivity index (χ1) is 14.1. The van der Waals surface area contributed by atoms with Crippen LogP contribution in [0.2, 0.25) is 0 Å². The molecule has 0 saturated carbocycles. The molecule has 0 aliphatic heterocycles. The first kappa shape index (κ1) is 18.5. The van der Waals surface area contributed by atoms with Crippen LogP contribution in [0.25, 0.3) is 28.2 Å². The Morgan fingerprint density at radius 1 is 0.966 bits per heavy atom. The predicted octanol–water partition coefficient (Wildman–Crippen LogP) is 2.21. The lowest BCUT2D eigenvalue weighted by atomic mass is 10.1. The molecular weight excluding hydrogens is 374 g/mol. The van der Waals surface area contributed by atoms with E-state index in [9.17, 15) is 4.79 Å². The average molecular weight is 393 g/mol. The van der Waals surface area contributed by atoms with Crippen LogP contribution in [-0.4, -0.2) is 45.4 Å². The van der Waals surface area contributed by atoms with Gasteiger partial charge >= 0.3 is 5.69 Å². The van der Waals surface area contributed by atoms with E-state index in [0.717, 1.165) is 0 Å². The second-order valence-corrected chi connectivity index (χ2v) is 6.20. The summed E-state index contributed by atoms with van der Waals surface area (Å²) in [6.07, 6.45) is 4.86.